The summed E-state index contributed by atoms with van der Waals surface area (Å²) in [5.74, 6) is 3.44. The molecule has 0 bridgehead atoms. The zero-order chi connectivity index (χ0) is 21.6. The van der Waals surface area contributed by atoms with Gasteiger partial charge in [0.05, 0.1) is 11.4 Å². The van der Waals surface area contributed by atoms with Gasteiger partial charge in [-0.2, -0.15) is 0 Å². The zero-order valence-electron chi connectivity index (χ0n) is 18.0. The lowest BCUT2D eigenvalue weighted by molar-refractivity contribution is -0.128. The van der Waals surface area contributed by atoms with E-state index in [1.807, 2.05) is 30.0 Å². The monoisotopic (exact) mass is 437 g/mol. The molecule has 0 saturated carbocycles. The Labute approximate surface area is 186 Å². The Kier molecular flexibility index (Phi) is 6.86. The van der Waals surface area contributed by atoms with Crippen molar-refractivity contribution in [1.29, 1.82) is 0 Å². The summed E-state index contributed by atoms with van der Waals surface area (Å²) in [6.07, 6.45) is 4.50. The second kappa shape index (κ2) is 9.96. The molecule has 2 aromatic heterocycles. The topological polar surface area (TPSA) is 75.4 Å². The number of benzene rings is 1. The molecule has 31 heavy (non-hydrogen) atoms. The lowest BCUT2D eigenvalue weighted by atomic mass is 10.1. The number of hydrogen-bond acceptors (Lipinski definition) is 7. The molecule has 1 aliphatic heterocycles. The maximum atomic E-state index is 12.6. The Morgan fingerprint density at radius 2 is 1.81 bits per heavy atom. The molecule has 1 aliphatic rings. The first kappa shape index (κ1) is 21.4. The first-order chi connectivity index (χ1) is 15.1. The molecule has 1 amide bonds. The normalized spacial score (nSPS) is 14.1. The van der Waals surface area contributed by atoms with Gasteiger partial charge in [-0.05, 0) is 37.1 Å². The van der Waals surface area contributed by atoms with Crippen molar-refractivity contribution in [2.24, 2.45) is 0 Å². The van der Waals surface area contributed by atoms with E-state index in [1.165, 1.54) is 5.56 Å². The molecular formula is C23H27N5O2S. The second-order valence-corrected chi connectivity index (χ2v) is 8.47. The van der Waals surface area contributed by atoms with Crippen molar-refractivity contribution in [2.45, 2.75) is 26.0 Å². The summed E-state index contributed by atoms with van der Waals surface area (Å²) in [5, 5.41) is 0. The minimum atomic E-state index is 0.162. The Balaban J connectivity index is 1.26. The molecule has 0 N–H and O–H groups in total. The van der Waals surface area contributed by atoms with Crippen molar-refractivity contribution in [1.82, 2.24) is 19.9 Å². The van der Waals surface area contributed by atoms with Crippen molar-refractivity contribution in [3.63, 3.8) is 0 Å². The Hall–Kier alpha value is -2.87. The molecule has 7 nitrogen and oxygen atoms in total. The van der Waals surface area contributed by atoms with Crippen molar-refractivity contribution >= 4 is 23.6 Å². The molecule has 1 fully saturated rings. The third-order valence-corrected chi connectivity index (χ3v) is 6.36. The van der Waals surface area contributed by atoms with Crippen LogP contribution in [-0.4, -0.2) is 57.7 Å². The van der Waals surface area contributed by atoms with Gasteiger partial charge in [-0.15, -0.1) is 11.8 Å². The largest absolute Gasteiger partial charge is 0.441 e. The summed E-state index contributed by atoms with van der Waals surface area (Å²) < 4.78 is 5.86. The maximum Gasteiger partial charge on any atom is 0.232 e. The number of piperazine rings is 1. The number of nitrogens with zero attached hydrogens (tertiary/aromatic N) is 5. The average molecular weight is 438 g/mol. The predicted molar refractivity (Wildman–Crippen MR) is 123 cm³/mol. The lowest BCUT2D eigenvalue weighted by Crippen LogP contribution is -2.49. The van der Waals surface area contributed by atoms with Crippen LogP contribution < -0.4 is 4.90 Å². The van der Waals surface area contributed by atoms with Gasteiger partial charge in [0.2, 0.25) is 17.7 Å². The van der Waals surface area contributed by atoms with E-state index in [0.29, 0.717) is 30.5 Å². The molecule has 0 aliphatic carbocycles. The second-order valence-electron chi connectivity index (χ2n) is 7.48. The average Bonchev–Trinajstić information content (AvgIpc) is 3.20. The van der Waals surface area contributed by atoms with Crippen LogP contribution in [0.4, 0.5) is 5.95 Å². The van der Waals surface area contributed by atoms with Crippen molar-refractivity contribution in [3.05, 3.63) is 59.7 Å². The van der Waals surface area contributed by atoms with E-state index in [0.717, 1.165) is 42.5 Å². The first-order valence-corrected chi connectivity index (χ1v) is 11.7. The predicted octanol–water partition coefficient (Wildman–Crippen LogP) is 3.58. The van der Waals surface area contributed by atoms with E-state index in [1.54, 1.807) is 24.2 Å². The Morgan fingerprint density at radius 3 is 2.48 bits per heavy atom. The van der Waals surface area contributed by atoms with E-state index in [-0.39, 0.29) is 5.91 Å². The molecular weight excluding hydrogens is 410 g/mol. The van der Waals surface area contributed by atoms with Gasteiger partial charge in [-0.1, -0.05) is 19.1 Å². The number of carbonyl (C=O) groups excluding carboxylic acids is 1. The number of anilines is 1. The van der Waals surface area contributed by atoms with Crippen LogP contribution in [0.15, 0.2) is 47.1 Å². The summed E-state index contributed by atoms with van der Waals surface area (Å²) in [7, 11) is 0. The van der Waals surface area contributed by atoms with Crippen molar-refractivity contribution in [2.75, 3.05) is 36.8 Å². The van der Waals surface area contributed by atoms with Gasteiger partial charge in [0.1, 0.15) is 5.76 Å². The fourth-order valence-electron chi connectivity index (χ4n) is 3.51. The molecule has 0 atom stereocenters. The standard InChI is InChI=1S/C23H27N5O2S/c1-3-18-5-7-19(8-6-18)22-26-20(17(2)30-22)15-31-16-21(29)27-11-13-28(14-12-27)23-24-9-4-10-25-23/h4-10H,3,11-16H2,1-2H3. The highest BCUT2D eigenvalue weighted by atomic mass is 32.2. The smallest absolute Gasteiger partial charge is 0.232 e. The number of aromatic nitrogens is 3. The highest BCUT2D eigenvalue weighted by Gasteiger charge is 2.22. The highest BCUT2D eigenvalue weighted by molar-refractivity contribution is 7.99. The van der Waals surface area contributed by atoms with Gasteiger partial charge in [-0.25, -0.2) is 15.0 Å². The van der Waals surface area contributed by atoms with Crippen LogP contribution in [0.25, 0.3) is 11.5 Å². The van der Waals surface area contributed by atoms with Gasteiger partial charge in [-0.3, -0.25) is 4.79 Å². The molecule has 0 radical (unpaired) electrons. The van der Waals surface area contributed by atoms with E-state index >= 15 is 0 Å². The number of rotatable bonds is 7. The number of hydrogen-bond donors (Lipinski definition) is 0. The summed E-state index contributed by atoms with van der Waals surface area (Å²) in [5.41, 5.74) is 3.17. The molecule has 3 aromatic rings. The summed E-state index contributed by atoms with van der Waals surface area (Å²) in [6.45, 7) is 6.96. The molecule has 8 heteroatoms. The SMILES string of the molecule is CCc1ccc(-c2nc(CSCC(=O)N3CCN(c4ncccn4)CC3)c(C)o2)cc1. The number of amides is 1. The van der Waals surface area contributed by atoms with Gasteiger partial charge >= 0.3 is 0 Å². The van der Waals surface area contributed by atoms with Crippen molar-refractivity contribution in [3.8, 4) is 11.5 Å². The lowest BCUT2D eigenvalue weighted by Gasteiger charge is -2.34. The number of oxazole rings is 1. The van der Waals surface area contributed by atoms with Crippen LogP contribution in [0.2, 0.25) is 0 Å². The third kappa shape index (κ3) is 5.25. The van der Waals surface area contributed by atoms with E-state index < -0.39 is 0 Å². The van der Waals surface area contributed by atoms with Gasteiger partial charge < -0.3 is 14.2 Å². The van der Waals surface area contributed by atoms with Crippen molar-refractivity contribution < 1.29 is 9.21 Å². The summed E-state index contributed by atoms with van der Waals surface area (Å²) in [4.78, 5) is 29.9. The molecule has 1 aromatic carbocycles. The fourth-order valence-corrected chi connectivity index (χ4v) is 4.43. The minimum Gasteiger partial charge on any atom is -0.441 e. The van der Waals surface area contributed by atoms with Gasteiger partial charge in [0, 0.05) is 49.9 Å². The number of thioether (sulfide) groups is 1. The Bertz CT molecular complexity index is 999. The van der Waals surface area contributed by atoms with E-state index in [4.69, 9.17) is 4.42 Å². The van der Waals surface area contributed by atoms with Gasteiger partial charge in [0.25, 0.3) is 0 Å². The first-order valence-electron chi connectivity index (χ1n) is 10.6. The van der Waals surface area contributed by atoms with Crippen LogP contribution in [0.3, 0.4) is 0 Å². The summed E-state index contributed by atoms with van der Waals surface area (Å²) >= 11 is 1.58. The van der Waals surface area contributed by atoms with Crippen LogP contribution >= 0.6 is 11.8 Å². The molecule has 4 rings (SSSR count). The quantitative estimate of drug-likeness (QED) is 0.559. The molecule has 162 valence electrons. The summed E-state index contributed by atoms with van der Waals surface area (Å²) in [6, 6.07) is 10.1. The van der Waals surface area contributed by atoms with E-state index in [9.17, 15) is 4.79 Å². The molecule has 0 unspecified atom stereocenters. The third-order valence-electron chi connectivity index (χ3n) is 5.43. The molecule has 3 heterocycles. The van der Waals surface area contributed by atoms with Crippen LogP contribution in [0, 0.1) is 6.92 Å². The highest BCUT2D eigenvalue weighted by Crippen LogP contribution is 2.25. The molecule has 1 saturated heterocycles. The van der Waals surface area contributed by atoms with Crippen LogP contribution in [0.1, 0.15) is 23.9 Å². The minimum absolute atomic E-state index is 0.162. The maximum absolute atomic E-state index is 12.6. The van der Waals surface area contributed by atoms with E-state index in [2.05, 4.69) is 38.9 Å². The van der Waals surface area contributed by atoms with Crippen LogP contribution in [-0.2, 0) is 17.0 Å². The fraction of sp³-hybridized carbons (Fsp3) is 0.391. The van der Waals surface area contributed by atoms with Gasteiger partial charge in [0.15, 0.2) is 0 Å². The molecule has 0 spiro atoms. The van der Waals surface area contributed by atoms with Crippen LogP contribution in [0.5, 0.6) is 0 Å². The number of aryl methyl sites for hydroxylation is 2. The number of carbonyl (C=O) groups is 1. The zero-order valence-corrected chi connectivity index (χ0v) is 18.8. The Morgan fingerprint density at radius 1 is 1.10 bits per heavy atom.